The number of hydrogen-bond acceptors (Lipinski definition) is 9. The van der Waals surface area contributed by atoms with Gasteiger partial charge in [0.25, 0.3) is 0 Å². The van der Waals surface area contributed by atoms with E-state index in [4.69, 9.17) is 24.3 Å². The molecule has 0 saturated heterocycles. The number of unbranched alkanes of at least 4 members (excludes halogenated alkanes) is 7. The highest BCUT2D eigenvalue weighted by Gasteiger charge is 2.25. The van der Waals surface area contributed by atoms with Gasteiger partial charge >= 0.3 is 19.8 Å². The number of carbonyl (C=O) groups is 2. The summed E-state index contributed by atoms with van der Waals surface area (Å²) in [5.41, 5.74) is 5.34. The third-order valence-electron chi connectivity index (χ3n) is 8.50. The fraction of sp³-hybridized carbons (Fsp3) is 0.617. The summed E-state index contributed by atoms with van der Waals surface area (Å²) in [6.45, 7) is 3.36. The smallest absolute Gasteiger partial charge is 0.462 e. The average molecular weight is 832 g/mol. The summed E-state index contributed by atoms with van der Waals surface area (Å²) >= 11 is 0. The van der Waals surface area contributed by atoms with Crippen molar-refractivity contribution in [1.82, 2.24) is 0 Å². The van der Waals surface area contributed by atoms with E-state index in [0.29, 0.717) is 25.7 Å². The van der Waals surface area contributed by atoms with Gasteiger partial charge in [0.05, 0.1) is 19.3 Å². The first-order valence-electron chi connectivity index (χ1n) is 21.8. The molecular formula is C47H78NO9P. The second-order valence-electron chi connectivity index (χ2n) is 14.0. The topological polar surface area (TPSA) is 155 Å². The molecule has 58 heavy (non-hydrogen) atoms. The summed E-state index contributed by atoms with van der Waals surface area (Å²) in [5, 5.41) is 9.73. The van der Waals surface area contributed by atoms with E-state index in [-0.39, 0.29) is 38.7 Å². The van der Waals surface area contributed by atoms with E-state index in [0.717, 1.165) is 70.6 Å². The molecule has 0 aliphatic rings. The number of aliphatic hydroxyl groups excluding tert-OH is 1. The van der Waals surface area contributed by atoms with Gasteiger partial charge in [-0.05, 0) is 96.3 Å². The number of esters is 2. The first-order chi connectivity index (χ1) is 28.2. The lowest BCUT2D eigenvalue weighted by Crippen LogP contribution is -2.29. The molecule has 0 aromatic rings. The molecular weight excluding hydrogens is 753 g/mol. The highest BCUT2D eigenvalue weighted by atomic mass is 31.2. The van der Waals surface area contributed by atoms with E-state index in [2.05, 4.69) is 92.8 Å². The van der Waals surface area contributed by atoms with Crippen molar-refractivity contribution < 1.29 is 42.7 Å². The van der Waals surface area contributed by atoms with Gasteiger partial charge in [-0.15, -0.1) is 0 Å². The van der Waals surface area contributed by atoms with Crippen molar-refractivity contribution in [3.8, 4) is 0 Å². The molecule has 0 radical (unpaired) electrons. The molecule has 2 unspecified atom stereocenters. The Hall–Kier alpha value is -3.11. The predicted molar refractivity (Wildman–Crippen MR) is 239 cm³/mol. The largest absolute Gasteiger partial charge is 0.472 e. The molecule has 4 N–H and O–H groups in total. The van der Waals surface area contributed by atoms with Crippen LogP contribution >= 0.6 is 7.82 Å². The molecule has 0 bridgehead atoms. The third-order valence-corrected chi connectivity index (χ3v) is 9.48. The molecule has 0 heterocycles. The zero-order chi connectivity index (χ0) is 42.6. The van der Waals surface area contributed by atoms with Crippen LogP contribution in [0.3, 0.4) is 0 Å². The highest BCUT2D eigenvalue weighted by molar-refractivity contribution is 7.47. The number of rotatable bonds is 39. The molecule has 3 atom stereocenters. The summed E-state index contributed by atoms with van der Waals surface area (Å²) in [4.78, 5) is 34.8. The first kappa shape index (κ1) is 54.9. The Morgan fingerprint density at radius 1 is 0.586 bits per heavy atom. The summed E-state index contributed by atoms with van der Waals surface area (Å²) in [6.07, 6.45) is 50.7. The number of hydrogen-bond donors (Lipinski definition) is 3. The van der Waals surface area contributed by atoms with Gasteiger partial charge in [-0.2, -0.15) is 0 Å². The molecule has 0 rings (SSSR count). The van der Waals surface area contributed by atoms with E-state index >= 15 is 0 Å². The molecule has 0 aromatic carbocycles. The Morgan fingerprint density at radius 2 is 1.07 bits per heavy atom. The van der Waals surface area contributed by atoms with Gasteiger partial charge < -0.3 is 25.2 Å². The lowest BCUT2D eigenvalue weighted by Gasteiger charge is -2.19. The second kappa shape index (κ2) is 42.0. The van der Waals surface area contributed by atoms with Crippen molar-refractivity contribution >= 4 is 19.8 Å². The minimum absolute atomic E-state index is 0.0283. The zero-order valence-electron chi connectivity index (χ0n) is 35.8. The predicted octanol–water partition coefficient (Wildman–Crippen LogP) is 11.6. The van der Waals surface area contributed by atoms with Gasteiger partial charge in [-0.3, -0.25) is 18.6 Å². The van der Waals surface area contributed by atoms with Crippen molar-refractivity contribution in [3.05, 3.63) is 97.2 Å². The number of nitrogens with two attached hydrogens (primary N) is 1. The van der Waals surface area contributed by atoms with Crippen LogP contribution in [0.15, 0.2) is 97.2 Å². The minimum Gasteiger partial charge on any atom is -0.462 e. The molecule has 330 valence electrons. The minimum atomic E-state index is -4.42. The number of phosphoric acid groups is 1. The van der Waals surface area contributed by atoms with Crippen LogP contribution in [0.1, 0.15) is 149 Å². The van der Waals surface area contributed by atoms with Gasteiger partial charge in [-0.1, -0.05) is 137 Å². The van der Waals surface area contributed by atoms with Crippen LogP contribution in [0.2, 0.25) is 0 Å². The lowest BCUT2D eigenvalue weighted by molar-refractivity contribution is -0.161. The number of allylic oxidation sites excluding steroid dienone is 15. The highest BCUT2D eigenvalue weighted by Crippen LogP contribution is 2.43. The van der Waals surface area contributed by atoms with Crippen LogP contribution < -0.4 is 5.73 Å². The van der Waals surface area contributed by atoms with Gasteiger partial charge in [-0.25, -0.2) is 4.57 Å². The van der Waals surface area contributed by atoms with Crippen molar-refractivity contribution in [3.63, 3.8) is 0 Å². The van der Waals surface area contributed by atoms with Crippen molar-refractivity contribution in [2.45, 2.75) is 161 Å². The maximum atomic E-state index is 12.6. The molecule has 0 saturated carbocycles. The van der Waals surface area contributed by atoms with Crippen LogP contribution in [0.25, 0.3) is 0 Å². The Balaban J connectivity index is 4.36. The third kappa shape index (κ3) is 41.1. The molecule has 11 heteroatoms. The van der Waals surface area contributed by atoms with Crippen LogP contribution in [0.5, 0.6) is 0 Å². The SMILES string of the molecule is CCCCC/C=C\C/C=C\C/C=C\C/C=C\CCCCCC(=O)OC[C@H](COP(=O)(O)OCCN)OC(=O)CCC/C=C\C/C=C\C/C=C\C/C=C\CC(O)CCC. The fourth-order valence-corrected chi connectivity index (χ4v) is 6.04. The van der Waals surface area contributed by atoms with Crippen LogP contribution in [0.4, 0.5) is 0 Å². The van der Waals surface area contributed by atoms with E-state index in [1.165, 1.54) is 25.7 Å². The number of aliphatic hydroxyl groups is 1. The fourth-order valence-electron chi connectivity index (χ4n) is 5.27. The van der Waals surface area contributed by atoms with Crippen molar-refractivity contribution in [2.75, 3.05) is 26.4 Å². The summed E-state index contributed by atoms with van der Waals surface area (Å²) in [6, 6.07) is 0. The van der Waals surface area contributed by atoms with Gasteiger partial charge in [0.1, 0.15) is 6.61 Å². The summed E-state index contributed by atoms with van der Waals surface area (Å²) < 4.78 is 32.7. The Kier molecular flexibility index (Phi) is 39.8. The van der Waals surface area contributed by atoms with Gasteiger partial charge in [0.15, 0.2) is 6.10 Å². The van der Waals surface area contributed by atoms with Crippen LogP contribution in [-0.4, -0.2) is 60.5 Å². The number of phosphoric ester groups is 1. The Bertz CT molecular complexity index is 1280. The number of ether oxygens (including phenoxy) is 2. The molecule has 0 aliphatic carbocycles. The molecule has 0 aromatic heterocycles. The van der Waals surface area contributed by atoms with E-state index in [1.54, 1.807) is 0 Å². The monoisotopic (exact) mass is 832 g/mol. The van der Waals surface area contributed by atoms with E-state index in [1.807, 2.05) is 18.2 Å². The lowest BCUT2D eigenvalue weighted by atomic mass is 10.1. The van der Waals surface area contributed by atoms with Crippen molar-refractivity contribution in [2.24, 2.45) is 5.73 Å². The number of carbonyl (C=O) groups excluding carboxylic acids is 2. The van der Waals surface area contributed by atoms with Gasteiger partial charge in [0, 0.05) is 19.4 Å². The van der Waals surface area contributed by atoms with E-state index < -0.39 is 32.5 Å². The molecule has 10 nitrogen and oxygen atoms in total. The zero-order valence-corrected chi connectivity index (χ0v) is 36.7. The molecule has 0 fully saturated rings. The maximum absolute atomic E-state index is 12.6. The second-order valence-corrected chi connectivity index (χ2v) is 15.5. The quantitative estimate of drug-likeness (QED) is 0.0236. The van der Waals surface area contributed by atoms with Crippen molar-refractivity contribution in [1.29, 1.82) is 0 Å². The maximum Gasteiger partial charge on any atom is 0.472 e. The summed E-state index contributed by atoms with van der Waals surface area (Å²) in [7, 11) is -4.42. The Morgan fingerprint density at radius 3 is 1.59 bits per heavy atom. The summed E-state index contributed by atoms with van der Waals surface area (Å²) in [5.74, 6) is -0.961. The Labute approximate surface area is 351 Å². The molecule has 0 aliphatic heterocycles. The molecule has 0 amide bonds. The van der Waals surface area contributed by atoms with Crippen LogP contribution in [0, 0.1) is 0 Å². The average Bonchev–Trinajstić information content (AvgIpc) is 3.20. The van der Waals surface area contributed by atoms with Gasteiger partial charge in [0.2, 0.25) is 0 Å². The standard InChI is InChI=1S/C47H78NO9P/c1-3-5-6-7-8-9-10-11-12-13-14-15-16-19-22-25-28-31-34-38-46(50)54-42-45(43-56-58(52,53)55-41-40-48)57-47(51)39-35-32-29-26-23-20-17-18-21-24-27-30-33-37-44(49)36-4-2/h8-9,11-12,14-15,17,19-22,24,26,29-30,33,44-45,49H,3-7,10,13,16,18,23,25,27-28,31-32,34-43,48H2,1-2H3,(H,52,53)/b9-8-,12-11-,15-14-,20-17-,22-19-,24-21-,29-26-,33-30-/t44?,45-/m1/s1. The molecule has 0 spiro atoms. The normalized spacial score (nSPS) is 14.8. The first-order valence-corrected chi connectivity index (χ1v) is 23.3. The van der Waals surface area contributed by atoms with E-state index in [9.17, 15) is 24.2 Å². The van der Waals surface area contributed by atoms with Crippen LogP contribution in [-0.2, 0) is 32.7 Å².